The molecule has 0 aromatic heterocycles. The third kappa shape index (κ3) is 6.89. The highest BCUT2D eigenvalue weighted by Gasteiger charge is 2.36. The standard InChI is InChI=1S/C33H40O8/c1-35-26-13-10-21(16-29(26)38-4)8-7-9-23-17-25(32(34)22-11-14-27(36-2)30(18-22)39-5)20-41-33(23)24-12-15-28(37-3)31(19-24)40-6/h7-8,10-16,18-19,23,25,32-34H,9,17,20H2,1-6H3/b8-7-/t23-,25+,32+,33-/m0/s1. The number of ether oxygens (including phenoxy) is 7. The summed E-state index contributed by atoms with van der Waals surface area (Å²) in [7, 11) is 9.68. The molecule has 1 saturated heterocycles. The van der Waals surface area contributed by atoms with Crippen LogP contribution in [0.1, 0.15) is 41.7 Å². The van der Waals surface area contributed by atoms with Crippen LogP contribution >= 0.6 is 0 Å². The summed E-state index contributed by atoms with van der Waals surface area (Å²) in [5.41, 5.74) is 2.77. The first-order chi connectivity index (χ1) is 20.0. The number of hydrogen-bond acceptors (Lipinski definition) is 8. The Hall–Kier alpha value is -3.88. The molecule has 1 aliphatic heterocycles. The van der Waals surface area contributed by atoms with Gasteiger partial charge in [0, 0.05) is 5.92 Å². The van der Waals surface area contributed by atoms with Gasteiger partial charge < -0.3 is 38.3 Å². The molecule has 220 valence electrons. The van der Waals surface area contributed by atoms with E-state index in [4.69, 9.17) is 33.2 Å². The molecule has 1 N–H and O–H groups in total. The van der Waals surface area contributed by atoms with Gasteiger partial charge in [-0.25, -0.2) is 0 Å². The van der Waals surface area contributed by atoms with Crippen molar-refractivity contribution in [1.82, 2.24) is 0 Å². The SMILES string of the molecule is COc1ccc(/C=C\C[C@H]2C[C@@H]([C@H](O)c3ccc(OC)c(OC)c3)CO[C@@H]2c2ccc(OC)c(OC)c2)cc1OC. The number of aliphatic hydroxyl groups is 1. The van der Waals surface area contributed by atoms with Crippen LogP contribution in [0, 0.1) is 11.8 Å². The minimum absolute atomic E-state index is 0.0954. The highest BCUT2D eigenvalue weighted by molar-refractivity contribution is 5.56. The summed E-state index contributed by atoms with van der Waals surface area (Å²) < 4.78 is 39.1. The Morgan fingerprint density at radius 1 is 0.732 bits per heavy atom. The molecule has 8 nitrogen and oxygen atoms in total. The molecule has 0 spiro atoms. The van der Waals surface area contributed by atoms with E-state index in [1.54, 1.807) is 42.7 Å². The quantitative estimate of drug-likeness (QED) is 0.276. The lowest BCUT2D eigenvalue weighted by Crippen LogP contribution is -2.32. The number of rotatable bonds is 12. The van der Waals surface area contributed by atoms with Crippen molar-refractivity contribution in [2.45, 2.75) is 25.0 Å². The fraction of sp³-hybridized carbons (Fsp3) is 0.394. The van der Waals surface area contributed by atoms with Crippen LogP contribution in [0.3, 0.4) is 0 Å². The van der Waals surface area contributed by atoms with Crippen molar-refractivity contribution in [2.75, 3.05) is 49.3 Å². The predicted molar refractivity (Wildman–Crippen MR) is 158 cm³/mol. The third-order valence-corrected chi connectivity index (χ3v) is 7.61. The van der Waals surface area contributed by atoms with Gasteiger partial charge >= 0.3 is 0 Å². The maximum atomic E-state index is 11.4. The molecule has 3 aromatic carbocycles. The number of benzene rings is 3. The van der Waals surface area contributed by atoms with E-state index in [9.17, 15) is 5.11 Å². The van der Waals surface area contributed by atoms with E-state index in [2.05, 4.69) is 12.2 Å². The molecule has 0 unspecified atom stereocenters. The van der Waals surface area contributed by atoms with E-state index in [1.165, 1.54) is 0 Å². The summed E-state index contributed by atoms with van der Waals surface area (Å²) >= 11 is 0. The molecular formula is C33H40O8. The van der Waals surface area contributed by atoms with Crippen LogP contribution in [-0.4, -0.2) is 54.4 Å². The van der Waals surface area contributed by atoms with Gasteiger partial charge in [0.05, 0.1) is 61.5 Å². The van der Waals surface area contributed by atoms with Crippen molar-refractivity contribution in [3.8, 4) is 34.5 Å². The fourth-order valence-electron chi connectivity index (χ4n) is 5.43. The van der Waals surface area contributed by atoms with Crippen molar-refractivity contribution in [2.24, 2.45) is 11.8 Å². The van der Waals surface area contributed by atoms with Gasteiger partial charge in [-0.3, -0.25) is 0 Å². The zero-order valence-electron chi connectivity index (χ0n) is 24.6. The van der Waals surface area contributed by atoms with Crippen molar-refractivity contribution in [1.29, 1.82) is 0 Å². The van der Waals surface area contributed by atoms with Gasteiger partial charge in [-0.05, 0) is 71.8 Å². The van der Waals surface area contributed by atoms with Crippen molar-refractivity contribution in [3.05, 3.63) is 77.4 Å². The molecule has 1 fully saturated rings. The Balaban J connectivity index is 1.59. The van der Waals surface area contributed by atoms with Gasteiger partial charge in [0.25, 0.3) is 0 Å². The number of hydrogen-bond donors (Lipinski definition) is 1. The lowest BCUT2D eigenvalue weighted by atomic mass is 9.79. The molecule has 0 amide bonds. The molecule has 3 aromatic rings. The second kappa shape index (κ2) is 14.1. The largest absolute Gasteiger partial charge is 0.493 e. The second-order valence-corrected chi connectivity index (χ2v) is 9.94. The normalized spacial score (nSPS) is 19.4. The second-order valence-electron chi connectivity index (χ2n) is 9.94. The molecule has 0 bridgehead atoms. The minimum atomic E-state index is -0.724. The molecule has 4 atom stereocenters. The van der Waals surface area contributed by atoms with E-state index in [1.807, 2.05) is 54.6 Å². The Morgan fingerprint density at radius 3 is 1.93 bits per heavy atom. The molecule has 0 radical (unpaired) electrons. The molecular weight excluding hydrogens is 524 g/mol. The molecule has 41 heavy (non-hydrogen) atoms. The van der Waals surface area contributed by atoms with Crippen LogP contribution in [0.25, 0.3) is 6.08 Å². The van der Waals surface area contributed by atoms with Crippen molar-refractivity contribution >= 4 is 6.08 Å². The average Bonchev–Trinajstić information content (AvgIpc) is 3.03. The molecule has 1 aliphatic rings. The van der Waals surface area contributed by atoms with Gasteiger partial charge in [0.15, 0.2) is 34.5 Å². The lowest BCUT2D eigenvalue weighted by Gasteiger charge is -2.38. The van der Waals surface area contributed by atoms with Crippen LogP contribution in [0.15, 0.2) is 60.7 Å². The molecule has 1 heterocycles. The third-order valence-electron chi connectivity index (χ3n) is 7.61. The van der Waals surface area contributed by atoms with E-state index in [0.717, 1.165) is 29.5 Å². The predicted octanol–water partition coefficient (Wildman–Crippen LogP) is 6.27. The summed E-state index contributed by atoms with van der Waals surface area (Å²) in [6, 6.07) is 17.2. The Kier molecular flexibility index (Phi) is 10.4. The summed E-state index contributed by atoms with van der Waals surface area (Å²) in [6.07, 6.45) is 4.81. The molecule has 4 rings (SSSR count). The van der Waals surface area contributed by atoms with E-state index < -0.39 is 6.10 Å². The first kappa shape index (κ1) is 30.1. The van der Waals surface area contributed by atoms with E-state index in [-0.39, 0.29) is 17.9 Å². The summed E-state index contributed by atoms with van der Waals surface area (Å²) in [6.45, 7) is 0.407. The van der Waals surface area contributed by atoms with Crippen LogP contribution in [-0.2, 0) is 4.74 Å². The van der Waals surface area contributed by atoms with Gasteiger partial charge in [0.1, 0.15) is 0 Å². The topological polar surface area (TPSA) is 84.8 Å². The Bertz CT molecular complexity index is 1320. The lowest BCUT2D eigenvalue weighted by molar-refractivity contribution is -0.0901. The number of allylic oxidation sites excluding steroid dienone is 1. The first-order valence-corrected chi connectivity index (χ1v) is 13.6. The van der Waals surface area contributed by atoms with Gasteiger partial charge in [-0.1, -0.05) is 30.4 Å². The van der Waals surface area contributed by atoms with Crippen LogP contribution < -0.4 is 28.4 Å². The number of methoxy groups -OCH3 is 6. The minimum Gasteiger partial charge on any atom is -0.493 e. The highest BCUT2D eigenvalue weighted by Crippen LogP contribution is 2.44. The maximum Gasteiger partial charge on any atom is 0.161 e. The molecule has 0 aliphatic carbocycles. The van der Waals surface area contributed by atoms with E-state index >= 15 is 0 Å². The van der Waals surface area contributed by atoms with Gasteiger partial charge in [-0.15, -0.1) is 0 Å². The van der Waals surface area contributed by atoms with E-state index in [0.29, 0.717) is 41.1 Å². The first-order valence-electron chi connectivity index (χ1n) is 13.6. The highest BCUT2D eigenvalue weighted by atomic mass is 16.5. The van der Waals surface area contributed by atoms with Crippen LogP contribution in [0.5, 0.6) is 34.5 Å². The smallest absolute Gasteiger partial charge is 0.161 e. The average molecular weight is 565 g/mol. The molecule has 0 saturated carbocycles. The van der Waals surface area contributed by atoms with Crippen LogP contribution in [0.2, 0.25) is 0 Å². The van der Waals surface area contributed by atoms with Gasteiger partial charge in [-0.2, -0.15) is 0 Å². The summed E-state index contributed by atoms with van der Waals surface area (Å²) in [5, 5.41) is 11.4. The van der Waals surface area contributed by atoms with Crippen molar-refractivity contribution in [3.63, 3.8) is 0 Å². The Labute approximate surface area is 242 Å². The van der Waals surface area contributed by atoms with Crippen molar-refractivity contribution < 1.29 is 38.3 Å². The Morgan fingerprint density at radius 2 is 1.29 bits per heavy atom. The monoisotopic (exact) mass is 564 g/mol. The molecule has 8 heteroatoms. The van der Waals surface area contributed by atoms with Crippen LogP contribution in [0.4, 0.5) is 0 Å². The number of aliphatic hydroxyl groups excluding tert-OH is 1. The zero-order chi connectivity index (χ0) is 29.4. The maximum absolute atomic E-state index is 11.4. The van der Waals surface area contributed by atoms with Gasteiger partial charge in [0.2, 0.25) is 0 Å². The fourth-order valence-corrected chi connectivity index (χ4v) is 5.43. The summed E-state index contributed by atoms with van der Waals surface area (Å²) in [4.78, 5) is 0. The summed E-state index contributed by atoms with van der Waals surface area (Å²) in [5.74, 6) is 3.87. The zero-order valence-corrected chi connectivity index (χ0v) is 24.6.